The lowest BCUT2D eigenvalue weighted by molar-refractivity contribution is 0.0938. The Hall–Kier alpha value is -4.58. The third-order valence-electron chi connectivity index (χ3n) is 5.51. The van der Waals surface area contributed by atoms with Crippen LogP contribution in [0.1, 0.15) is 5.56 Å². The normalized spacial score (nSPS) is 12.2. The third-order valence-corrected chi connectivity index (χ3v) is 5.51. The number of nitrogens with zero attached hydrogens (tertiary/aromatic N) is 5. The van der Waals surface area contributed by atoms with Gasteiger partial charge in [0, 0.05) is 14.1 Å². The average Bonchev–Trinajstić information content (AvgIpc) is 3.24. The Morgan fingerprint density at radius 3 is 2.39 bits per heavy atom. The van der Waals surface area contributed by atoms with Crippen molar-refractivity contribution < 1.29 is 19.7 Å². The molecule has 4 rings (SSSR count). The monoisotopic (exact) mass is 494 g/mol. The molecule has 0 bridgehead atoms. The van der Waals surface area contributed by atoms with Gasteiger partial charge in [0.1, 0.15) is 30.0 Å². The SMILES string of the molecule is COc1ccc(OCC(O)Cn2c(N/N=C/c3ccc(O)cc3)nc3c2c(=O)n(C)c(=O)n3C)cc1. The zero-order chi connectivity index (χ0) is 25.8. The van der Waals surface area contributed by atoms with Gasteiger partial charge in [-0.15, -0.1) is 0 Å². The van der Waals surface area contributed by atoms with Crippen molar-refractivity contribution in [3.8, 4) is 17.2 Å². The number of aryl methyl sites for hydroxylation is 1. The van der Waals surface area contributed by atoms with Crippen molar-refractivity contribution in [1.82, 2.24) is 18.7 Å². The lowest BCUT2D eigenvalue weighted by Gasteiger charge is -2.15. The molecular formula is C24H26N6O6. The van der Waals surface area contributed by atoms with E-state index in [0.29, 0.717) is 17.1 Å². The van der Waals surface area contributed by atoms with E-state index in [2.05, 4.69) is 15.5 Å². The summed E-state index contributed by atoms with van der Waals surface area (Å²) in [6.07, 6.45) is 0.483. The molecule has 0 aliphatic carbocycles. The van der Waals surface area contributed by atoms with Crippen LogP contribution in [0.25, 0.3) is 11.2 Å². The highest BCUT2D eigenvalue weighted by atomic mass is 16.5. The fourth-order valence-corrected chi connectivity index (χ4v) is 3.56. The standard InChI is InChI=1S/C24H26N6O6/c1-28-21-20(22(33)29(2)24(28)34)30(13-17(32)14-36-19-10-8-18(35-3)9-11-19)23(26-21)27-25-12-15-4-6-16(31)7-5-15/h4-12,17,31-32H,13-14H2,1-3H3,(H,26,27)/b25-12+. The molecule has 0 amide bonds. The van der Waals surface area contributed by atoms with Crippen LogP contribution in [-0.4, -0.2) is 54.9 Å². The van der Waals surface area contributed by atoms with Crippen molar-refractivity contribution in [2.45, 2.75) is 12.6 Å². The maximum Gasteiger partial charge on any atom is 0.332 e. The predicted octanol–water partition coefficient (Wildman–Crippen LogP) is 1.03. The summed E-state index contributed by atoms with van der Waals surface area (Å²) in [4.78, 5) is 29.8. The summed E-state index contributed by atoms with van der Waals surface area (Å²) in [5.74, 6) is 1.50. The molecular weight excluding hydrogens is 468 g/mol. The number of imidazole rings is 1. The van der Waals surface area contributed by atoms with E-state index >= 15 is 0 Å². The van der Waals surface area contributed by atoms with Gasteiger partial charge >= 0.3 is 5.69 Å². The Morgan fingerprint density at radius 2 is 1.72 bits per heavy atom. The van der Waals surface area contributed by atoms with Gasteiger partial charge in [-0.05, 0) is 54.1 Å². The number of phenolic OH excluding ortho intramolecular Hbond substituents is 1. The molecule has 2 heterocycles. The highest BCUT2D eigenvalue weighted by Crippen LogP contribution is 2.19. The molecule has 0 aliphatic rings. The number of aliphatic hydroxyl groups is 1. The van der Waals surface area contributed by atoms with Crippen LogP contribution >= 0.6 is 0 Å². The number of fused-ring (bicyclic) bond motifs is 1. The number of hydrogen-bond donors (Lipinski definition) is 3. The minimum absolute atomic E-state index is 0.0584. The number of benzene rings is 2. The lowest BCUT2D eigenvalue weighted by atomic mass is 10.2. The van der Waals surface area contributed by atoms with Crippen molar-refractivity contribution in [3.05, 3.63) is 74.9 Å². The van der Waals surface area contributed by atoms with Crippen molar-refractivity contribution >= 4 is 23.3 Å². The summed E-state index contributed by atoms with van der Waals surface area (Å²) in [6.45, 7) is -0.120. The number of hydrazone groups is 1. The second-order valence-corrected chi connectivity index (χ2v) is 8.03. The molecule has 0 fully saturated rings. The number of ether oxygens (including phenoxy) is 2. The van der Waals surface area contributed by atoms with Crippen LogP contribution in [0.4, 0.5) is 5.95 Å². The molecule has 1 atom stereocenters. The first-order valence-corrected chi connectivity index (χ1v) is 11.0. The number of hydrogen-bond acceptors (Lipinski definition) is 9. The number of aromatic nitrogens is 4. The lowest BCUT2D eigenvalue weighted by Crippen LogP contribution is -2.38. The Labute approximate surface area is 205 Å². The molecule has 188 valence electrons. The van der Waals surface area contributed by atoms with Gasteiger partial charge in [-0.25, -0.2) is 10.2 Å². The van der Waals surface area contributed by atoms with Crippen molar-refractivity contribution in [2.75, 3.05) is 19.1 Å². The Kier molecular flexibility index (Phi) is 7.06. The molecule has 0 saturated heterocycles. The molecule has 0 aliphatic heterocycles. The Bertz CT molecular complexity index is 1500. The van der Waals surface area contributed by atoms with Crippen LogP contribution in [-0.2, 0) is 20.6 Å². The number of methoxy groups -OCH3 is 1. The number of anilines is 1. The Balaban J connectivity index is 1.62. The summed E-state index contributed by atoms with van der Waals surface area (Å²) in [7, 11) is 4.45. The first kappa shape index (κ1) is 24.5. The molecule has 0 radical (unpaired) electrons. The van der Waals surface area contributed by atoms with Crippen LogP contribution < -0.4 is 26.1 Å². The van der Waals surface area contributed by atoms with E-state index in [0.717, 1.165) is 4.57 Å². The molecule has 12 nitrogen and oxygen atoms in total. The molecule has 0 spiro atoms. The zero-order valence-electron chi connectivity index (χ0n) is 20.0. The molecule has 4 aromatic rings. The summed E-state index contributed by atoms with van der Waals surface area (Å²) in [6, 6.07) is 13.3. The quantitative estimate of drug-likeness (QED) is 0.231. The molecule has 2 aromatic heterocycles. The van der Waals surface area contributed by atoms with Crippen molar-refractivity contribution in [1.29, 1.82) is 0 Å². The fraction of sp³-hybridized carbons (Fsp3) is 0.250. The minimum atomic E-state index is -1.02. The van der Waals surface area contributed by atoms with E-state index in [1.165, 1.54) is 41.6 Å². The van der Waals surface area contributed by atoms with E-state index in [1.807, 2.05) is 0 Å². The first-order valence-electron chi connectivity index (χ1n) is 11.0. The summed E-state index contributed by atoms with van der Waals surface area (Å²) in [5, 5.41) is 24.3. The molecule has 12 heteroatoms. The van der Waals surface area contributed by atoms with Crippen LogP contribution in [0.2, 0.25) is 0 Å². The van der Waals surface area contributed by atoms with Crippen LogP contribution in [0.5, 0.6) is 17.2 Å². The van der Waals surface area contributed by atoms with Gasteiger partial charge in [-0.3, -0.25) is 13.9 Å². The second kappa shape index (κ2) is 10.4. The summed E-state index contributed by atoms with van der Waals surface area (Å²) < 4.78 is 14.5. The maximum atomic E-state index is 13.0. The maximum absolute atomic E-state index is 13.0. The zero-order valence-corrected chi connectivity index (χ0v) is 20.0. The van der Waals surface area contributed by atoms with Crippen molar-refractivity contribution in [3.63, 3.8) is 0 Å². The highest BCUT2D eigenvalue weighted by Gasteiger charge is 2.21. The molecule has 3 N–H and O–H groups in total. The van der Waals surface area contributed by atoms with Crippen LogP contribution in [0, 0.1) is 0 Å². The number of nitrogens with one attached hydrogen (secondary N) is 1. The van der Waals surface area contributed by atoms with Gasteiger partial charge < -0.3 is 24.3 Å². The Morgan fingerprint density at radius 1 is 1.06 bits per heavy atom. The smallest absolute Gasteiger partial charge is 0.332 e. The van der Waals surface area contributed by atoms with E-state index < -0.39 is 17.4 Å². The van der Waals surface area contributed by atoms with Gasteiger partial charge in [-0.2, -0.15) is 10.1 Å². The summed E-state index contributed by atoms with van der Waals surface area (Å²) >= 11 is 0. The van der Waals surface area contributed by atoms with Crippen molar-refractivity contribution in [2.24, 2.45) is 19.2 Å². The minimum Gasteiger partial charge on any atom is -0.508 e. The average molecular weight is 495 g/mol. The highest BCUT2D eigenvalue weighted by molar-refractivity contribution is 5.80. The van der Waals surface area contributed by atoms with Crippen LogP contribution in [0.15, 0.2) is 63.2 Å². The molecule has 0 saturated carbocycles. The van der Waals surface area contributed by atoms with Gasteiger partial charge in [0.15, 0.2) is 11.2 Å². The molecule has 36 heavy (non-hydrogen) atoms. The fourth-order valence-electron chi connectivity index (χ4n) is 3.56. The van der Waals surface area contributed by atoms with Gasteiger partial charge in [0.25, 0.3) is 5.56 Å². The molecule has 2 aromatic carbocycles. The van der Waals surface area contributed by atoms with Crippen LogP contribution in [0.3, 0.4) is 0 Å². The largest absolute Gasteiger partial charge is 0.508 e. The van der Waals surface area contributed by atoms with E-state index in [1.54, 1.807) is 43.5 Å². The van der Waals surface area contributed by atoms with E-state index in [-0.39, 0.29) is 36.0 Å². The predicted molar refractivity (Wildman–Crippen MR) is 134 cm³/mol. The number of rotatable bonds is 9. The van der Waals surface area contributed by atoms with Gasteiger partial charge in [0.05, 0.1) is 19.9 Å². The third kappa shape index (κ3) is 5.08. The second-order valence-electron chi connectivity index (χ2n) is 8.03. The number of aromatic hydroxyl groups is 1. The first-order chi connectivity index (χ1) is 17.3. The van der Waals surface area contributed by atoms with E-state index in [9.17, 15) is 19.8 Å². The van der Waals surface area contributed by atoms with Gasteiger partial charge in [0.2, 0.25) is 5.95 Å². The van der Waals surface area contributed by atoms with E-state index in [4.69, 9.17) is 9.47 Å². The molecule has 1 unspecified atom stereocenters. The number of aliphatic hydroxyl groups excluding tert-OH is 1. The summed E-state index contributed by atoms with van der Waals surface area (Å²) in [5.41, 5.74) is 2.68. The topological polar surface area (TPSA) is 145 Å². The number of phenols is 1. The van der Waals surface area contributed by atoms with Gasteiger partial charge in [-0.1, -0.05) is 0 Å².